The molecule has 92 valence electrons. The van der Waals surface area contributed by atoms with Crippen LogP contribution in [0.5, 0.6) is 0 Å². The molecule has 2 N–H and O–H groups in total. The predicted molar refractivity (Wildman–Crippen MR) is 63.0 cm³/mol. The van der Waals surface area contributed by atoms with Crippen LogP contribution in [0.3, 0.4) is 0 Å². The second-order valence-electron chi connectivity index (χ2n) is 4.19. The molecule has 0 saturated carbocycles. The Morgan fingerprint density at radius 1 is 1.38 bits per heavy atom. The standard InChI is InChI=1S/C12H22N2O2/c1-11(5-6-12(15)16)7-10-14-9-4-2-3-8-13/h11,14H,2-7,9-10H2,1H3,(H,15,16). The number of unbranched alkanes of at least 4 members (excludes halogenated alkanes) is 2. The second-order valence-corrected chi connectivity index (χ2v) is 4.19. The van der Waals surface area contributed by atoms with E-state index >= 15 is 0 Å². The van der Waals surface area contributed by atoms with Gasteiger partial charge in [0.15, 0.2) is 0 Å². The zero-order valence-corrected chi connectivity index (χ0v) is 10.0. The van der Waals surface area contributed by atoms with Crippen LogP contribution in [0.15, 0.2) is 0 Å². The minimum Gasteiger partial charge on any atom is -0.481 e. The third kappa shape index (κ3) is 11.0. The zero-order chi connectivity index (χ0) is 12.2. The molecule has 16 heavy (non-hydrogen) atoms. The molecule has 0 aromatic rings. The van der Waals surface area contributed by atoms with Gasteiger partial charge in [-0.05, 0) is 44.7 Å². The number of hydrogen-bond donors (Lipinski definition) is 2. The Morgan fingerprint density at radius 2 is 2.12 bits per heavy atom. The average molecular weight is 226 g/mol. The molecule has 0 aromatic carbocycles. The fourth-order valence-corrected chi connectivity index (χ4v) is 1.44. The minimum absolute atomic E-state index is 0.267. The number of aliphatic carboxylic acids is 1. The topological polar surface area (TPSA) is 73.1 Å². The maximum Gasteiger partial charge on any atom is 0.303 e. The predicted octanol–water partition coefficient (Wildman–Crippen LogP) is 2.16. The summed E-state index contributed by atoms with van der Waals surface area (Å²) in [4.78, 5) is 10.3. The molecule has 0 saturated heterocycles. The Labute approximate surface area is 97.7 Å². The first kappa shape index (κ1) is 14.9. The van der Waals surface area contributed by atoms with E-state index in [4.69, 9.17) is 10.4 Å². The molecule has 0 bridgehead atoms. The van der Waals surface area contributed by atoms with E-state index in [0.717, 1.165) is 38.8 Å². The number of nitriles is 1. The Balaban J connectivity index is 3.18. The van der Waals surface area contributed by atoms with Crippen molar-refractivity contribution in [1.82, 2.24) is 5.32 Å². The number of nitrogens with one attached hydrogen (secondary N) is 1. The summed E-state index contributed by atoms with van der Waals surface area (Å²) in [6.07, 6.45) is 4.67. The molecule has 0 fully saturated rings. The molecule has 0 aliphatic carbocycles. The van der Waals surface area contributed by atoms with Crippen molar-refractivity contribution < 1.29 is 9.90 Å². The van der Waals surface area contributed by atoms with Crippen LogP contribution in [0.25, 0.3) is 0 Å². The van der Waals surface area contributed by atoms with Gasteiger partial charge in [0.1, 0.15) is 0 Å². The number of carboxylic acids is 1. The van der Waals surface area contributed by atoms with Crippen molar-refractivity contribution in [3.05, 3.63) is 0 Å². The molecule has 0 aliphatic rings. The van der Waals surface area contributed by atoms with E-state index in [1.165, 1.54) is 0 Å². The third-order valence-electron chi connectivity index (χ3n) is 2.56. The van der Waals surface area contributed by atoms with Crippen LogP contribution < -0.4 is 5.32 Å². The van der Waals surface area contributed by atoms with Crippen molar-refractivity contribution in [3.8, 4) is 6.07 Å². The molecular weight excluding hydrogens is 204 g/mol. The lowest BCUT2D eigenvalue weighted by Crippen LogP contribution is -2.19. The minimum atomic E-state index is -0.712. The van der Waals surface area contributed by atoms with Gasteiger partial charge in [0.05, 0.1) is 6.07 Å². The van der Waals surface area contributed by atoms with Gasteiger partial charge in [-0.2, -0.15) is 5.26 Å². The lowest BCUT2D eigenvalue weighted by atomic mass is 10.0. The lowest BCUT2D eigenvalue weighted by molar-refractivity contribution is -0.137. The highest BCUT2D eigenvalue weighted by Crippen LogP contribution is 2.09. The van der Waals surface area contributed by atoms with Crippen LogP contribution >= 0.6 is 0 Å². The van der Waals surface area contributed by atoms with Gasteiger partial charge in [-0.3, -0.25) is 4.79 Å². The van der Waals surface area contributed by atoms with E-state index < -0.39 is 5.97 Å². The van der Waals surface area contributed by atoms with Gasteiger partial charge in [0.2, 0.25) is 0 Å². The summed E-state index contributed by atoms with van der Waals surface area (Å²) in [6.45, 7) is 3.97. The summed E-state index contributed by atoms with van der Waals surface area (Å²) in [6, 6.07) is 2.12. The molecule has 0 radical (unpaired) electrons. The van der Waals surface area contributed by atoms with Crippen LogP contribution in [0.4, 0.5) is 0 Å². The lowest BCUT2D eigenvalue weighted by Gasteiger charge is -2.10. The maximum atomic E-state index is 10.3. The monoisotopic (exact) mass is 226 g/mol. The highest BCUT2D eigenvalue weighted by atomic mass is 16.4. The van der Waals surface area contributed by atoms with E-state index in [1.54, 1.807) is 0 Å². The first-order valence-corrected chi connectivity index (χ1v) is 5.96. The van der Waals surface area contributed by atoms with Gasteiger partial charge in [0, 0.05) is 12.8 Å². The summed E-state index contributed by atoms with van der Waals surface area (Å²) in [7, 11) is 0. The molecular formula is C12H22N2O2. The Morgan fingerprint density at radius 3 is 2.75 bits per heavy atom. The van der Waals surface area contributed by atoms with Gasteiger partial charge >= 0.3 is 5.97 Å². The molecule has 0 rings (SSSR count). The summed E-state index contributed by atoms with van der Waals surface area (Å²) in [5.41, 5.74) is 0. The fraction of sp³-hybridized carbons (Fsp3) is 0.833. The molecule has 0 aromatic heterocycles. The van der Waals surface area contributed by atoms with Crippen LogP contribution in [-0.2, 0) is 4.79 Å². The summed E-state index contributed by atoms with van der Waals surface area (Å²) in [5.74, 6) is -0.251. The number of hydrogen-bond acceptors (Lipinski definition) is 3. The SMILES string of the molecule is CC(CCNCCCCC#N)CCC(=O)O. The molecule has 0 aliphatic heterocycles. The zero-order valence-electron chi connectivity index (χ0n) is 10.0. The highest BCUT2D eigenvalue weighted by molar-refractivity contribution is 5.66. The van der Waals surface area contributed by atoms with Crippen molar-refractivity contribution in [1.29, 1.82) is 5.26 Å². The van der Waals surface area contributed by atoms with Gasteiger partial charge in [-0.25, -0.2) is 0 Å². The van der Waals surface area contributed by atoms with Gasteiger partial charge < -0.3 is 10.4 Å². The summed E-state index contributed by atoms with van der Waals surface area (Å²) in [5, 5.41) is 20.1. The van der Waals surface area contributed by atoms with E-state index in [2.05, 4.69) is 18.3 Å². The quantitative estimate of drug-likeness (QED) is 0.560. The second kappa shape index (κ2) is 10.4. The summed E-state index contributed by atoms with van der Waals surface area (Å²) < 4.78 is 0. The molecule has 0 amide bonds. The first-order chi connectivity index (χ1) is 7.66. The Bertz CT molecular complexity index is 224. The van der Waals surface area contributed by atoms with Crippen LogP contribution in [-0.4, -0.2) is 24.2 Å². The average Bonchev–Trinajstić information content (AvgIpc) is 2.25. The maximum absolute atomic E-state index is 10.3. The van der Waals surface area contributed by atoms with Crippen molar-refractivity contribution in [2.45, 2.75) is 45.4 Å². The highest BCUT2D eigenvalue weighted by Gasteiger charge is 2.04. The van der Waals surface area contributed by atoms with Crippen molar-refractivity contribution in [2.24, 2.45) is 5.92 Å². The van der Waals surface area contributed by atoms with Crippen molar-refractivity contribution in [3.63, 3.8) is 0 Å². The van der Waals surface area contributed by atoms with E-state index in [-0.39, 0.29) is 6.42 Å². The smallest absolute Gasteiger partial charge is 0.303 e. The Hall–Kier alpha value is -1.08. The Kier molecular flexibility index (Phi) is 9.73. The first-order valence-electron chi connectivity index (χ1n) is 5.96. The van der Waals surface area contributed by atoms with E-state index in [0.29, 0.717) is 12.3 Å². The molecule has 4 heteroatoms. The molecule has 1 atom stereocenters. The largest absolute Gasteiger partial charge is 0.481 e. The van der Waals surface area contributed by atoms with Crippen LogP contribution in [0.2, 0.25) is 0 Å². The molecule has 0 heterocycles. The van der Waals surface area contributed by atoms with E-state index in [9.17, 15) is 4.79 Å². The molecule has 1 unspecified atom stereocenters. The van der Waals surface area contributed by atoms with Gasteiger partial charge in [0.25, 0.3) is 0 Å². The third-order valence-corrected chi connectivity index (χ3v) is 2.56. The van der Waals surface area contributed by atoms with E-state index in [1.807, 2.05) is 0 Å². The summed E-state index contributed by atoms with van der Waals surface area (Å²) >= 11 is 0. The molecule has 4 nitrogen and oxygen atoms in total. The van der Waals surface area contributed by atoms with Gasteiger partial charge in [-0.15, -0.1) is 0 Å². The number of nitrogens with zero attached hydrogens (tertiary/aromatic N) is 1. The number of carbonyl (C=O) groups is 1. The van der Waals surface area contributed by atoms with Gasteiger partial charge in [-0.1, -0.05) is 6.92 Å². The van der Waals surface area contributed by atoms with Crippen molar-refractivity contribution in [2.75, 3.05) is 13.1 Å². The van der Waals surface area contributed by atoms with Crippen LogP contribution in [0.1, 0.15) is 45.4 Å². The number of carboxylic acid groups (broad SMARTS) is 1. The number of rotatable bonds is 10. The van der Waals surface area contributed by atoms with Crippen LogP contribution in [0, 0.1) is 17.2 Å². The van der Waals surface area contributed by atoms with Crippen molar-refractivity contribution >= 4 is 5.97 Å². The molecule has 0 spiro atoms. The fourth-order valence-electron chi connectivity index (χ4n) is 1.44. The normalized spacial score (nSPS) is 12.0.